The standard InChI is InChI=1S/C12H16BrNO2/c1-12(2,11(15)16-3)8-14-10-7-5-4-6-9(10)13/h4-7,14H,8H2,1-3H3. The molecule has 0 unspecified atom stereocenters. The Morgan fingerprint density at radius 2 is 2.06 bits per heavy atom. The summed E-state index contributed by atoms with van der Waals surface area (Å²) in [4.78, 5) is 11.5. The molecule has 0 fully saturated rings. The zero-order valence-electron chi connectivity index (χ0n) is 9.71. The van der Waals surface area contributed by atoms with Crippen LogP contribution in [0.5, 0.6) is 0 Å². The van der Waals surface area contributed by atoms with E-state index in [4.69, 9.17) is 4.74 Å². The predicted octanol–water partition coefficient (Wildman–Crippen LogP) is 3.06. The summed E-state index contributed by atoms with van der Waals surface area (Å²) >= 11 is 3.44. The number of esters is 1. The molecule has 0 bridgehead atoms. The van der Waals surface area contributed by atoms with E-state index in [9.17, 15) is 4.79 Å². The van der Waals surface area contributed by atoms with Crippen LogP contribution in [0.4, 0.5) is 5.69 Å². The lowest BCUT2D eigenvalue weighted by Gasteiger charge is -2.22. The molecule has 0 amide bonds. The van der Waals surface area contributed by atoms with Gasteiger partial charge in [-0.3, -0.25) is 4.79 Å². The molecule has 4 heteroatoms. The van der Waals surface area contributed by atoms with Crippen LogP contribution in [-0.2, 0) is 9.53 Å². The van der Waals surface area contributed by atoms with Gasteiger partial charge in [0, 0.05) is 16.7 Å². The van der Waals surface area contributed by atoms with Crippen LogP contribution in [0.25, 0.3) is 0 Å². The number of nitrogens with one attached hydrogen (secondary N) is 1. The van der Waals surface area contributed by atoms with Gasteiger partial charge in [0.05, 0.1) is 12.5 Å². The summed E-state index contributed by atoms with van der Waals surface area (Å²) in [6, 6.07) is 7.80. The van der Waals surface area contributed by atoms with Gasteiger partial charge in [0.25, 0.3) is 0 Å². The lowest BCUT2D eigenvalue weighted by molar-refractivity contribution is -0.149. The van der Waals surface area contributed by atoms with Gasteiger partial charge in [0.1, 0.15) is 0 Å². The van der Waals surface area contributed by atoms with Crippen LogP contribution in [0.2, 0.25) is 0 Å². The molecule has 1 rings (SSSR count). The Morgan fingerprint density at radius 3 is 2.62 bits per heavy atom. The number of carbonyl (C=O) groups excluding carboxylic acids is 1. The number of hydrogen-bond donors (Lipinski definition) is 1. The van der Waals surface area contributed by atoms with E-state index in [1.165, 1.54) is 7.11 Å². The van der Waals surface area contributed by atoms with Crippen LogP contribution in [0.3, 0.4) is 0 Å². The van der Waals surface area contributed by atoms with E-state index in [0.29, 0.717) is 6.54 Å². The van der Waals surface area contributed by atoms with E-state index < -0.39 is 5.41 Å². The molecule has 0 aliphatic heterocycles. The Labute approximate surface area is 104 Å². The molecule has 0 radical (unpaired) electrons. The normalized spacial score (nSPS) is 11.0. The molecular formula is C12H16BrNO2. The molecule has 0 heterocycles. The number of anilines is 1. The van der Waals surface area contributed by atoms with Gasteiger partial charge in [-0.25, -0.2) is 0 Å². The lowest BCUT2D eigenvalue weighted by Crippen LogP contribution is -2.33. The summed E-state index contributed by atoms with van der Waals surface area (Å²) in [6.45, 7) is 4.23. The summed E-state index contributed by atoms with van der Waals surface area (Å²) in [6.07, 6.45) is 0. The fourth-order valence-electron chi connectivity index (χ4n) is 1.27. The van der Waals surface area contributed by atoms with Crippen molar-refractivity contribution < 1.29 is 9.53 Å². The molecular weight excluding hydrogens is 270 g/mol. The highest BCUT2D eigenvalue weighted by Gasteiger charge is 2.28. The van der Waals surface area contributed by atoms with E-state index in [1.807, 2.05) is 38.1 Å². The van der Waals surface area contributed by atoms with Crippen molar-refractivity contribution in [2.75, 3.05) is 19.0 Å². The zero-order chi connectivity index (χ0) is 12.2. The molecule has 16 heavy (non-hydrogen) atoms. The van der Waals surface area contributed by atoms with E-state index in [2.05, 4.69) is 21.2 Å². The molecule has 0 saturated heterocycles. The van der Waals surface area contributed by atoms with Gasteiger partial charge in [-0.15, -0.1) is 0 Å². The number of methoxy groups -OCH3 is 1. The summed E-state index contributed by atoms with van der Waals surface area (Å²) in [5.41, 5.74) is 0.434. The third-order valence-electron chi connectivity index (χ3n) is 2.33. The molecule has 0 atom stereocenters. The molecule has 0 spiro atoms. The Kier molecular flexibility index (Phi) is 4.35. The van der Waals surface area contributed by atoms with Crippen molar-refractivity contribution in [2.45, 2.75) is 13.8 Å². The van der Waals surface area contributed by atoms with Crippen LogP contribution in [0.15, 0.2) is 28.7 Å². The lowest BCUT2D eigenvalue weighted by atomic mass is 9.93. The van der Waals surface area contributed by atoms with E-state index >= 15 is 0 Å². The third kappa shape index (κ3) is 3.23. The minimum Gasteiger partial charge on any atom is -0.469 e. The Hall–Kier alpha value is -1.03. The minimum atomic E-state index is -0.538. The smallest absolute Gasteiger partial charge is 0.313 e. The minimum absolute atomic E-state index is 0.216. The highest BCUT2D eigenvalue weighted by Crippen LogP contribution is 2.24. The highest BCUT2D eigenvalue weighted by molar-refractivity contribution is 9.10. The van der Waals surface area contributed by atoms with Crippen LogP contribution >= 0.6 is 15.9 Å². The topological polar surface area (TPSA) is 38.3 Å². The van der Waals surface area contributed by atoms with Gasteiger partial charge in [-0.1, -0.05) is 12.1 Å². The van der Waals surface area contributed by atoms with Crippen molar-refractivity contribution in [2.24, 2.45) is 5.41 Å². The number of hydrogen-bond acceptors (Lipinski definition) is 3. The molecule has 1 aromatic rings. The molecule has 88 valence electrons. The van der Waals surface area contributed by atoms with Crippen molar-refractivity contribution in [1.82, 2.24) is 0 Å². The first-order valence-electron chi connectivity index (χ1n) is 5.04. The van der Waals surface area contributed by atoms with E-state index in [1.54, 1.807) is 0 Å². The largest absolute Gasteiger partial charge is 0.469 e. The summed E-state index contributed by atoms with van der Waals surface area (Å²) < 4.78 is 5.73. The summed E-state index contributed by atoms with van der Waals surface area (Å²) in [7, 11) is 1.41. The molecule has 1 N–H and O–H groups in total. The van der Waals surface area contributed by atoms with Crippen molar-refractivity contribution in [3.8, 4) is 0 Å². The SMILES string of the molecule is COC(=O)C(C)(C)CNc1ccccc1Br. The van der Waals surface area contributed by atoms with Crippen LogP contribution < -0.4 is 5.32 Å². The Bertz CT molecular complexity index is 377. The van der Waals surface area contributed by atoms with E-state index in [0.717, 1.165) is 10.2 Å². The number of ether oxygens (including phenoxy) is 1. The maximum absolute atomic E-state index is 11.5. The van der Waals surface area contributed by atoms with Crippen LogP contribution in [0, 0.1) is 5.41 Å². The number of para-hydroxylation sites is 1. The Morgan fingerprint density at radius 1 is 1.44 bits per heavy atom. The second-order valence-electron chi connectivity index (χ2n) is 4.21. The molecule has 0 saturated carbocycles. The number of rotatable bonds is 4. The quantitative estimate of drug-likeness (QED) is 0.864. The molecule has 1 aromatic carbocycles. The zero-order valence-corrected chi connectivity index (χ0v) is 11.3. The van der Waals surface area contributed by atoms with Gasteiger partial charge in [0.2, 0.25) is 0 Å². The maximum atomic E-state index is 11.5. The maximum Gasteiger partial charge on any atom is 0.313 e. The van der Waals surface area contributed by atoms with Crippen molar-refractivity contribution in [1.29, 1.82) is 0 Å². The van der Waals surface area contributed by atoms with Crippen molar-refractivity contribution >= 4 is 27.6 Å². The van der Waals surface area contributed by atoms with Gasteiger partial charge in [-0.05, 0) is 41.9 Å². The Balaban J connectivity index is 2.65. The first kappa shape index (κ1) is 13.0. The monoisotopic (exact) mass is 285 g/mol. The second-order valence-corrected chi connectivity index (χ2v) is 5.06. The summed E-state index contributed by atoms with van der Waals surface area (Å²) in [5.74, 6) is -0.216. The first-order chi connectivity index (χ1) is 7.47. The van der Waals surface area contributed by atoms with Crippen LogP contribution in [-0.4, -0.2) is 19.6 Å². The number of carbonyl (C=O) groups is 1. The number of halogens is 1. The van der Waals surface area contributed by atoms with Crippen molar-refractivity contribution in [3.63, 3.8) is 0 Å². The van der Waals surface area contributed by atoms with Crippen LogP contribution in [0.1, 0.15) is 13.8 Å². The molecule has 0 aromatic heterocycles. The van der Waals surface area contributed by atoms with Gasteiger partial charge < -0.3 is 10.1 Å². The fourth-order valence-corrected chi connectivity index (χ4v) is 1.69. The molecule has 0 aliphatic rings. The first-order valence-corrected chi connectivity index (χ1v) is 5.83. The van der Waals surface area contributed by atoms with Gasteiger partial charge in [-0.2, -0.15) is 0 Å². The average Bonchev–Trinajstić information content (AvgIpc) is 2.27. The third-order valence-corrected chi connectivity index (χ3v) is 3.02. The summed E-state index contributed by atoms with van der Waals surface area (Å²) in [5, 5.41) is 3.22. The highest BCUT2D eigenvalue weighted by atomic mass is 79.9. The average molecular weight is 286 g/mol. The predicted molar refractivity (Wildman–Crippen MR) is 68.4 cm³/mol. The number of benzene rings is 1. The van der Waals surface area contributed by atoms with E-state index in [-0.39, 0.29) is 5.97 Å². The fraction of sp³-hybridized carbons (Fsp3) is 0.417. The van der Waals surface area contributed by atoms with Gasteiger partial charge in [0.15, 0.2) is 0 Å². The molecule has 0 aliphatic carbocycles. The second kappa shape index (κ2) is 5.34. The van der Waals surface area contributed by atoms with Crippen molar-refractivity contribution in [3.05, 3.63) is 28.7 Å². The molecule has 3 nitrogen and oxygen atoms in total. The van der Waals surface area contributed by atoms with Gasteiger partial charge >= 0.3 is 5.97 Å².